The van der Waals surface area contributed by atoms with E-state index >= 15 is 0 Å². The predicted molar refractivity (Wildman–Crippen MR) is 131 cm³/mol. The Hall–Kier alpha value is -2.58. The number of benzene rings is 1. The van der Waals surface area contributed by atoms with Crippen molar-refractivity contribution in [2.45, 2.75) is 56.7 Å². The molecular formula is C25H28N3NaO9S. The molecule has 1 fully saturated rings. The molecule has 3 aliphatic rings. The first kappa shape index (κ1) is 31.0. The number of rotatable bonds is 7. The number of esters is 2. The molecule has 3 unspecified atom stereocenters. The molecule has 2 amide bonds. The number of β-lactam (4-membered cyclic amide) rings is 1. The van der Waals surface area contributed by atoms with Crippen molar-refractivity contribution >= 4 is 41.5 Å². The maximum Gasteiger partial charge on any atom is 1.00 e. The van der Waals surface area contributed by atoms with Gasteiger partial charge < -0.3 is 35.2 Å². The molecule has 12 nitrogen and oxygen atoms in total. The normalized spacial score (nSPS) is 21.3. The third-order valence-corrected chi connectivity index (χ3v) is 7.54. The predicted octanol–water partition coefficient (Wildman–Crippen LogP) is -3.91. The van der Waals surface area contributed by atoms with E-state index in [-0.39, 0.29) is 53.1 Å². The Bertz CT molecular complexity index is 1260. The molecule has 0 bridgehead atoms. The number of hydrogen-bond acceptors (Lipinski definition) is 11. The molecular weight excluding hydrogens is 541 g/mol. The van der Waals surface area contributed by atoms with Crippen LogP contribution in [0.5, 0.6) is 5.75 Å². The summed E-state index contributed by atoms with van der Waals surface area (Å²) >= 11 is 1.17. The third-order valence-electron chi connectivity index (χ3n) is 6.20. The second-order valence-corrected chi connectivity index (χ2v) is 11.2. The Balaban J connectivity index is 0.00000420. The summed E-state index contributed by atoms with van der Waals surface area (Å²) in [6.45, 7) is 6.21. The van der Waals surface area contributed by atoms with Gasteiger partial charge in [-0.2, -0.15) is 0 Å². The van der Waals surface area contributed by atoms with Crippen LogP contribution in [0.1, 0.15) is 38.8 Å². The van der Waals surface area contributed by atoms with Crippen LogP contribution in [0.3, 0.4) is 0 Å². The van der Waals surface area contributed by atoms with E-state index in [0.29, 0.717) is 18.8 Å². The first-order valence-corrected chi connectivity index (χ1v) is 12.9. The molecule has 0 aromatic heterocycles. The number of amides is 2. The molecule has 0 spiro atoms. The Morgan fingerprint density at radius 2 is 1.95 bits per heavy atom. The van der Waals surface area contributed by atoms with Crippen LogP contribution in [-0.2, 0) is 45.4 Å². The Morgan fingerprint density at radius 3 is 2.56 bits per heavy atom. The molecule has 0 aliphatic carbocycles. The number of thioether (sulfide) groups is 1. The molecule has 1 aromatic carbocycles. The fourth-order valence-corrected chi connectivity index (χ4v) is 5.69. The third kappa shape index (κ3) is 5.97. The summed E-state index contributed by atoms with van der Waals surface area (Å²) in [5.41, 5.74) is 3.94. The van der Waals surface area contributed by atoms with Gasteiger partial charge in [-0.25, -0.2) is 4.79 Å². The zero-order chi connectivity index (χ0) is 28.0. The summed E-state index contributed by atoms with van der Waals surface area (Å²) in [5, 5.41) is 13.6. The minimum atomic E-state index is -2.31. The van der Waals surface area contributed by atoms with Gasteiger partial charge in [-0.15, -0.1) is 11.8 Å². The first-order valence-electron chi connectivity index (χ1n) is 11.8. The van der Waals surface area contributed by atoms with Crippen molar-refractivity contribution in [1.29, 1.82) is 0 Å². The van der Waals surface area contributed by atoms with E-state index in [1.807, 2.05) is 0 Å². The second kappa shape index (κ2) is 11.5. The van der Waals surface area contributed by atoms with Gasteiger partial charge in [-0.05, 0) is 44.0 Å². The van der Waals surface area contributed by atoms with Gasteiger partial charge in [0.1, 0.15) is 29.4 Å². The molecule has 3 heterocycles. The van der Waals surface area contributed by atoms with Gasteiger partial charge in [0.15, 0.2) is 0 Å². The van der Waals surface area contributed by atoms with Crippen molar-refractivity contribution in [1.82, 2.24) is 10.2 Å². The molecule has 1 saturated heterocycles. The second-order valence-electron chi connectivity index (χ2n) is 10.1. The van der Waals surface area contributed by atoms with Crippen LogP contribution in [-0.4, -0.2) is 70.6 Å². The summed E-state index contributed by atoms with van der Waals surface area (Å²) in [5.74, 6) is -4.21. The van der Waals surface area contributed by atoms with Gasteiger partial charge in [0, 0.05) is 24.7 Å². The van der Waals surface area contributed by atoms with Gasteiger partial charge in [0.05, 0.1) is 18.3 Å². The van der Waals surface area contributed by atoms with Crippen molar-refractivity contribution in [3.63, 3.8) is 0 Å². The number of carboxylic acid groups (broad SMARTS) is 1. The van der Waals surface area contributed by atoms with Crippen LogP contribution < -0.4 is 50.5 Å². The quantitative estimate of drug-likeness (QED) is 0.142. The topological polar surface area (TPSA) is 177 Å². The van der Waals surface area contributed by atoms with Crippen molar-refractivity contribution in [3.05, 3.63) is 40.6 Å². The first-order chi connectivity index (χ1) is 17.7. The number of hydrogen-bond donors (Lipinski definition) is 2. The summed E-state index contributed by atoms with van der Waals surface area (Å²) in [6, 6.07) is 3.55. The van der Waals surface area contributed by atoms with Crippen molar-refractivity contribution < 1.29 is 72.8 Å². The molecule has 1 aromatic rings. The SMILES string of the molecule is CC(=O)OCC1=C(C(=O)[O-])N2C(=O)C(NC(=O)C(N)(C(=O)OC(C)(C)C)c3ccc4c(c3)CCO4)C2SC1.[Na+]. The standard InChI is InChI=1S/C25H29N3O9S.Na/c1-12(29)36-10-14-11-38-20-17(19(30)28(20)18(14)21(31)32)27-22(33)25(26,23(34)37-24(2,3)4)15-5-6-16-13(9-15)7-8-35-16;/h5-6,9,17,20H,7-8,10-11,26H2,1-4H3,(H,27,33)(H,31,32);/q;+1/p-1. The van der Waals surface area contributed by atoms with Gasteiger partial charge in [0.2, 0.25) is 5.54 Å². The molecule has 3 atom stereocenters. The fraction of sp³-hybridized carbons (Fsp3) is 0.480. The molecule has 4 rings (SSSR count). The number of aliphatic carboxylic acids is 1. The Labute approximate surface area is 251 Å². The monoisotopic (exact) mass is 569 g/mol. The molecule has 0 saturated carbocycles. The summed E-state index contributed by atoms with van der Waals surface area (Å²) < 4.78 is 15.9. The van der Waals surface area contributed by atoms with Crippen LogP contribution in [0.25, 0.3) is 0 Å². The summed E-state index contributed by atoms with van der Waals surface area (Å²) in [7, 11) is 0. The number of carbonyl (C=O) groups is 5. The molecule has 39 heavy (non-hydrogen) atoms. The molecule has 3 aliphatic heterocycles. The van der Waals surface area contributed by atoms with E-state index in [0.717, 1.165) is 10.5 Å². The van der Waals surface area contributed by atoms with Crippen molar-refractivity contribution in [2.24, 2.45) is 5.73 Å². The van der Waals surface area contributed by atoms with E-state index in [1.165, 1.54) is 24.8 Å². The molecule has 204 valence electrons. The Morgan fingerprint density at radius 1 is 1.26 bits per heavy atom. The molecule has 3 N–H and O–H groups in total. The van der Waals surface area contributed by atoms with E-state index in [4.69, 9.17) is 19.9 Å². The largest absolute Gasteiger partial charge is 1.00 e. The van der Waals surface area contributed by atoms with Gasteiger partial charge in [-0.1, -0.05) is 6.07 Å². The van der Waals surface area contributed by atoms with E-state index in [1.54, 1.807) is 32.9 Å². The molecule has 0 radical (unpaired) electrons. The average Bonchev–Trinajstić information content (AvgIpc) is 3.31. The summed E-state index contributed by atoms with van der Waals surface area (Å²) in [6.07, 6.45) is 0.567. The summed E-state index contributed by atoms with van der Waals surface area (Å²) in [4.78, 5) is 64.0. The van der Waals surface area contributed by atoms with Gasteiger partial charge >= 0.3 is 41.5 Å². The number of fused-ring (bicyclic) bond motifs is 2. The number of nitrogens with zero attached hydrogens (tertiary/aromatic N) is 1. The number of carboxylic acids is 1. The zero-order valence-electron chi connectivity index (χ0n) is 22.3. The number of nitrogens with one attached hydrogen (secondary N) is 1. The molecule has 14 heteroatoms. The zero-order valence-corrected chi connectivity index (χ0v) is 25.1. The fourth-order valence-electron chi connectivity index (χ4n) is 4.36. The minimum Gasteiger partial charge on any atom is -0.543 e. The van der Waals surface area contributed by atoms with Crippen LogP contribution >= 0.6 is 11.8 Å². The number of ether oxygens (including phenoxy) is 3. The van der Waals surface area contributed by atoms with E-state index < -0.39 is 58.0 Å². The smallest absolute Gasteiger partial charge is 0.543 e. The Kier molecular flexibility index (Phi) is 9.12. The maximum absolute atomic E-state index is 13.6. The van der Waals surface area contributed by atoms with Crippen LogP contribution in [0.4, 0.5) is 0 Å². The van der Waals surface area contributed by atoms with Crippen LogP contribution in [0, 0.1) is 0 Å². The van der Waals surface area contributed by atoms with Crippen molar-refractivity contribution in [2.75, 3.05) is 19.0 Å². The van der Waals surface area contributed by atoms with Crippen molar-refractivity contribution in [3.8, 4) is 5.75 Å². The maximum atomic E-state index is 13.6. The van der Waals surface area contributed by atoms with E-state index in [2.05, 4.69) is 5.32 Å². The minimum absolute atomic E-state index is 0. The number of nitrogens with two attached hydrogens (primary N) is 1. The average molecular weight is 570 g/mol. The van der Waals surface area contributed by atoms with Crippen LogP contribution in [0.2, 0.25) is 0 Å². The van der Waals surface area contributed by atoms with Crippen LogP contribution in [0.15, 0.2) is 29.5 Å². The van der Waals surface area contributed by atoms with Gasteiger partial charge in [0.25, 0.3) is 11.8 Å². The van der Waals surface area contributed by atoms with Gasteiger partial charge in [-0.3, -0.25) is 19.3 Å². The number of carbonyl (C=O) groups excluding carboxylic acids is 5. The van der Waals surface area contributed by atoms with E-state index in [9.17, 15) is 29.1 Å².